The zero-order chi connectivity index (χ0) is 22.9. The highest BCUT2D eigenvalue weighted by molar-refractivity contribution is 4.76. The lowest BCUT2D eigenvalue weighted by Crippen LogP contribution is -2.64. The number of hydrogen-bond acceptors (Lipinski definition) is 7. The van der Waals surface area contributed by atoms with E-state index in [4.69, 9.17) is 9.47 Å². The lowest BCUT2D eigenvalue weighted by atomic mass is 9.88. The Morgan fingerprint density at radius 2 is 1.15 bits per heavy atom. The van der Waals surface area contributed by atoms with Gasteiger partial charge in [-0.15, -0.1) is 0 Å². The van der Waals surface area contributed by atoms with E-state index in [2.05, 4.69) is 14.7 Å². The molecule has 0 amide bonds. The lowest BCUT2D eigenvalue weighted by molar-refractivity contribution is -0.937. The number of nitrogens with zero attached hydrogens (tertiary/aromatic N) is 4. The van der Waals surface area contributed by atoms with Crippen molar-refractivity contribution in [1.82, 2.24) is 14.7 Å². The van der Waals surface area contributed by atoms with Crippen molar-refractivity contribution in [2.75, 3.05) is 112 Å². The molecule has 2 atom stereocenters. The van der Waals surface area contributed by atoms with Crippen LogP contribution in [0.4, 0.5) is 0 Å². The van der Waals surface area contributed by atoms with Crippen LogP contribution >= 0.6 is 0 Å². The fourth-order valence-electron chi connectivity index (χ4n) is 6.49. The van der Waals surface area contributed by atoms with E-state index in [1.807, 2.05) is 0 Å². The SMILES string of the molecule is OC(CN1CCOCC1)CN1CC[N+](CC(O)CN2CCOCC2)(CC2CCCCC2)CC1. The first-order chi connectivity index (χ1) is 16.1. The minimum Gasteiger partial charge on any atom is -0.390 e. The number of aliphatic hydroxyl groups excluding tert-OH is 2. The minimum atomic E-state index is -0.298. The molecule has 3 heterocycles. The zero-order valence-corrected chi connectivity index (χ0v) is 20.8. The summed E-state index contributed by atoms with van der Waals surface area (Å²) in [5, 5.41) is 21.8. The summed E-state index contributed by atoms with van der Waals surface area (Å²) in [7, 11) is 0. The Morgan fingerprint density at radius 1 is 0.667 bits per heavy atom. The molecule has 8 heteroatoms. The van der Waals surface area contributed by atoms with Crippen molar-refractivity contribution >= 4 is 0 Å². The van der Waals surface area contributed by atoms with Crippen LogP contribution in [0.3, 0.4) is 0 Å². The molecule has 2 N–H and O–H groups in total. The maximum Gasteiger partial charge on any atom is 0.115 e. The summed E-state index contributed by atoms with van der Waals surface area (Å²) in [5.74, 6) is 0.813. The number of aliphatic hydroxyl groups is 2. The summed E-state index contributed by atoms with van der Waals surface area (Å²) in [6, 6.07) is 0. The highest BCUT2D eigenvalue weighted by Gasteiger charge is 2.38. The third kappa shape index (κ3) is 8.39. The first kappa shape index (κ1) is 25.8. The molecule has 3 aliphatic heterocycles. The molecule has 0 aromatic carbocycles. The van der Waals surface area contributed by atoms with Crippen molar-refractivity contribution in [1.29, 1.82) is 0 Å². The largest absolute Gasteiger partial charge is 0.390 e. The molecule has 1 aliphatic carbocycles. The molecule has 4 fully saturated rings. The third-order valence-corrected chi connectivity index (χ3v) is 8.36. The smallest absolute Gasteiger partial charge is 0.115 e. The van der Waals surface area contributed by atoms with Crippen LogP contribution in [0.2, 0.25) is 0 Å². The second-order valence-corrected chi connectivity index (χ2v) is 11.1. The second kappa shape index (κ2) is 13.1. The predicted octanol–water partition coefficient (Wildman–Crippen LogP) is 0.0853. The van der Waals surface area contributed by atoms with Gasteiger partial charge in [-0.2, -0.15) is 0 Å². The molecular formula is C25H49N4O4+. The lowest BCUT2D eigenvalue weighted by Gasteiger charge is -2.48. The van der Waals surface area contributed by atoms with Crippen LogP contribution in [-0.2, 0) is 9.47 Å². The Morgan fingerprint density at radius 3 is 1.70 bits per heavy atom. The zero-order valence-electron chi connectivity index (χ0n) is 20.8. The number of ether oxygens (including phenoxy) is 2. The normalized spacial score (nSPS) is 28.5. The maximum absolute atomic E-state index is 11.1. The monoisotopic (exact) mass is 469 g/mol. The Kier molecular flexibility index (Phi) is 10.2. The number of β-amino-alcohol motifs (C(OH)–C–C–N with tert-alkyl or cyclic N) is 2. The maximum atomic E-state index is 11.1. The quantitative estimate of drug-likeness (QED) is 0.440. The molecule has 33 heavy (non-hydrogen) atoms. The Balaban J connectivity index is 1.28. The molecule has 192 valence electrons. The Labute approximate surface area is 201 Å². The van der Waals surface area contributed by atoms with Crippen LogP contribution in [-0.4, -0.2) is 153 Å². The van der Waals surface area contributed by atoms with Gasteiger partial charge in [0.25, 0.3) is 0 Å². The summed E-state index contributed by atoms with van der Waals surface area (Å²) >= 11 is 0. The summed E-state index contributed by atoms with van der Waals surface area (Å²) in [5.41, 5.74) is 0. The summed E-state index contributed by atoms with van der Waals surface area (Å²) in [6.07, 6.45) is 6.30. The van der Waals surface area contributed by atoms with Crippen molar-refractivity contribution in [3.8, 4) is 0 Å². The Hall–Kier alpha value is -0.320. The van der Waals surface area contributed by atoms with Gasteiger partial charge in [0.15, 0.2) is 0 Å². The topological polar surface area (TPSA) is 68.6 Å². The summed E-state index contributed by atoms with van der Waals surface area (Å²) in [4.78, 5) is 7.14. The van der Waals surface area contributed by atoms with Gasteiger partial charge >= 0.3 is 0 Å². The fraction of sp³-hybridized carbons (Fsp3) is 1.00. The van der Waals surface area contributed by atoms with Gasteiger partial charge in [0.1, 0.15) is 12.6 Å². The molecule has 0 bridgehead atoms. The molecule has 4 rings (SSSR count). The van der Waals surface area contributed by atoms with Gasteiger partial charge in [-0.05, 0) is 12.8 Å². The average molecular weight is 470 g/mol. The standard InChI is InChI=1S/C25H49N4O4/c30-24(19-27-8-14-32-15-9-27)18-26-6-12-29(13-7-26,21-23-4-2-1-3-5-23)22-25(31)20-28-10-16-33-17-11-28/h23-25,30-31H,1-22H2/q+1. The first-order valence-corrected chi connectivity index (χ1v) is 13.6. The van der Waals surface area contributed by atoms with Gasteiger partial charge in [-0.25, -0.2) is 0 Å². The summed E-state index contributed by atoms with van der Waals surface area (Å²) < 4.78 is 12.0. The molecule has 0 aromatic heterocycles. The molecule has 3 saturated heterocycles. The molecule has 0 spiro atoms. The van der Waals surface area contributed by atoms with Crippen molar-refractivity contribution in [2.45, 2.75) is 44.3 Å². The van der Waals surface area contributed by atoms with Crippen LogP contribution in [0.1, 0.15) is 32.1 Å². The highest BCUT2D eigenvalue weighted by Crippen LogP contribution is 2.28. The number of rotatable bonds is 10. The van der Waals surface area contributed by atoms with Gasteiger partial charge in [-0.3, -0.25) is 14.7 Å². The molecule has 0 radical (unpaired) electrons. The average Bonchev–Trinajstić information content (AvgIpc) is 2.82. The van der Waals surface area contributed by atoms with E-state index >= 15 is 0 Å². The Bertz CT molecular complexity index is 543. The van der Waals surface area contributed by atoms with E-state index in [1.165, 1.54) is 38.6 Å². The second-order valence-electron chi connectivity index (χ2n) is 11.1. The van der Waals surface area contributed by atoms with E-state index in [0.717, 1.165) is 115 Å². The minimum absolute atomic E-state index is 0.273. The van der Waals surface area contributed by atoms with E-state index in [1.54, 1.807) is 0 Å². The van der Waals surface area contributed by atoms with Crippen LogP contribution in [0.15, 0.2) is 0 Å². The highest BCUT2D eigenvalue weighted by atomic mass is 16.5. The van der Waals surface area contributed by atoms with Gasteiger partial charge in [0.2, 0.25) is 0 Å². The van der Waals surface area contributed by atoms with Gasteiger partial charge in [-0.1, -0.05) is 19.3 Å². The third-order valence-electron chi connectivity index (χ3n) is 8.36. The van der Waals surface area contributed by atoms with E-state index in [0.29, 0.717) is 0 Å². The van der Waals surface area contributed by atoms with Crippen molar-refractivity contribution < 1.29 is 24.2 Å². The van der Waals surface area contributed by atoms with Gasteiger partial charge in [0.05, 0.1) is 52.2 Å². The number of piperazine rings is 1. The molecule has 2 unspecified atom stereocenters. The van der Waals surface area contributed by atoms with Crippen molar-refractivity contribution in [3.05, 3.63) is 0 Å². The fourth-order valence-corrected chi connectivity index (χ4v) is 6.49. The number of quaternary nitrogens is 1. The van der Waals surface area contributed by atoms with E-state index in [9.17, 15) is 10.2 Å². The predicted molar refractivity (Wildman–Crippen MR) is 129 cm³/mol. The van der Waals surface area contributed by atoms with Crippen molar-refractivity contribution in [2.24, 2.45) is 5.92 Å². The first-order valence-electron chi connectivity index (χ1n) is 13.6. The molecular weight excluding hydrogens is 420 g/mol. The van der Waals surface area contributed by atoms with Crippen LogP contribution < -0.4 is 0 Å². The number of morpholine rings is 2. The number of hydrogen-bond donors (Lipinski definition) is 2. The van der Waals surface area contributed by atoms with Crippen LogP contribution in [0, 0.1) is 5.92 Å². The van der Waals surface area contributed by atoms with E-state index in [-0.39, 0.29) is 12.2 Å². The van der Waals surface area contributed by atoms with Gasteiger partial charge < -0.3 is 24.2 Å². The van der Waals surface area contributed by atoms with Crippen molar-refractivity contribution in [3.63, 3.8) is 0 Å². The van der Waals surface area contributed by atoms with Gasteiger partial charge in [0, 0.05) is 64.8 Å². The van der Waals surface area contributed by atoms with Crippen LogP contribution in [0.5, 0.6) is 0 Å². The summed E-state index contributed by atoms with van der Waals surface area (Å²) in [6.45, 7) is 15.5. The molecule has 4 aliphatic rings. The molecule has 8 nitrogen and oxygen atoms in total. The van der Waals surface area contributed by atoms with Crippen LogP contribution in [0.25, 0.3) is 0 Å². The molecule has 0 aromatic rings. The van der Waals surface area contributed by atoms with E-state index < -0.39 is 0 Å². The molecule has 1 saturated carbocycles.